The Hall–Kier alpha value is -2.30. The highest BCUT2D eigenvalue weighted by Gasteiger charge is 2.28. The van der Waals surface area contributed by atoms with E-state index in [1.54, 1.807) is 18.2 Å². The Morgan fingerprint density at radius 3 is 3.24 bits per heavy atom. The Labute approximate surface area is 147 Å². The fourth-order valence-corrected chi connectivity index (χ4v) is 3.48. The molecule has 1 aliphatic heterocycles. The molecule has 1 aliphatic rings. The van der Waals surface area contributed by atoms with Crippen LogP contribution in [-0.4, -0.2) is 63.2 Å². The number of morpholine rings is 1. The lowest BCUT2D eigenvalue weighted by Crippen LogP contribution is -2.46. The molecule has 0 radical (unpaired) electrons. The van der Waals surface area contributed by atoms with Crippen LogP contribution in [-0.2, 0) is 22.5 Å². The van der Waals surface area contributed by atoms with Crippen LogP contribution < -0.4 is 0 Å². The van der Waals surface area contributed by atoms with Crippen molar-refractivity contribution >= 4 is 22.2 Å². The van der Waals surface area contributed by atoms with Gasteiger partial charge in [0.05, 0.1) is 19.1 Å². The van der Waals surface area contributed by atoms with E-state index in [0.717, 1.165) is 4.96 Å². The van der Waals surface area contributed by atoms with Gasteiger partial charge in [-0.1, -0.05) is 5.16 Å². The van der Waals surface area contributed by atoms with Gasteiger partial charge in [-0.25, -0.2) is 4.98 Å². The number of amides is 1. The molecule has 1 atom stereocenters. The van der Waals surface area contributed by atoms with Crippen molar-refractivity contribution < 1.29 is 18.8 Å². The second-order valence-electron chi connectivity index (χ2n) is 5.70. The van der Waals surface area contributed by atoms with Crippen molar-refractivity contribution in [3.63, 3.8) is 0 Å². The molecule has 1 saturated heterocycles. The van der Waals surface area contributed by atoms with E-state index in [9.17, 15) is 4.79 Å². The van der Waals surface area contributed by atoms with E-state index < -0.39 is 0 Å². The molecule has 1 fully saturated rings. The van der Waals surface area contributed by atoms with Gasteiger partial charge in [-0.2, -0.15) is 4.98 Å². The summed E-state index contributed by atoms with van der Waals surface area (Å²) in [5.74, 6) is 0.892. The Balaban J connectivity index is 1.41. The molecule has 0 aliphatic carbocycles. The lowest BCUT2D eigenvalue weighted by Gasteiger charge is -2.31. The number of fused-ring (bicyclic) bond motifs is 1. The molecule has 0 spiro atoms. The van der Waals surface area contributed by atoms with Crippen LogP contribution in [0.5, 0.6) is 0 Å². The summed E-state index contributed by atoms with van der Waals surface area (Å²) in [6.45, 7) is 1.78. The standard InChI is InChI=1S/C15H17N5O4S/c1-22-9-12-17-13(24-18-12)6-10-7-19(2-4-23-10)14(21)11-8-20-3-5-25-15(20)16-11/h3,5,8,10H,2,4,6-7,9H2,1H3/t10-/m1/s1. The van der Waals surface area contributed by atoms with Crippen molar-refractivity contribution in [2.24, 2.45) is 0 Å². The van der Waals surface area contributed by atoms with Crippen molar-refractivity contribution in [3.8, 4) is 0 Å². The van der Waals surface area contributed by atoms with Gasteiger partial charge in [0.2, 0.25) is 5.89 Å². The molecule has 0 N–H and O–H groups in total. The second kappa shape index (κ2) is 6.90. The third-order valence-electron chi connectivity index (χ3n) is 3.92. The van der Waals surface area contributed by atoms with Crippen LogP contribution in [0.1, 0.15) is 22.2 Å². The molecule has 0 saturated carbocycles. The zero-order valence-electron chi connectivity index (χ0n) is 13.6. The van der Waals surface area contributed by atoms with E-state index in [0.29, 0.717) is 50.1 Å². The summed E-state index contributed by atoms with van der Waals surface area (Å²) in [4.78, 5) is 23.9. The zero-order chi connectivity index (χ0) is 17.2. The third kappa shape index (κ3) is 3.41. The van der Waals surface area contributed by atoms with E-state index in [2.05, 4.69) is 15.1 Å². The van der Waals surface area contributed by atoms with Crippen LogP contribution in [0.15, 0.2) is 22.3 Å². The number of carbonyl (C=O) groups is 1. The first-order valence-electron chi connectivity index (χ1n) is 7.86. The highest BCUT2D eigenvalue weighted by atomic mass is 32.1. The molecule has 132 valence electrons. The largest absolute Gasteiger partial charge is 0.377 e. The van der Waals surface area contributed by atoms with Crippen LogP contribution in [0.25, 0.3) is 4.96 Å². The van der Waals surface area contributed by atoms with Gasteiger partial charge in [-0.3, -0.25) is 9.20 Å². The molecule has 4 rings (SSSR count). The van der Waals surface area contributed by atoms with E-state index >= 15 is 0 Å². The maximum absolute atomic E-state index is 12.7. The van der Waals surface area contributed by atoms with Gasteiger partial charge in [0, 0.05) is 38.0 Å². The van der Waals surface area contributed by atoms with Crippen LogP contribution in [0.3, 0.4) is 0 Å². The first-order chi connectivity index (χ1) is 12.2. The Kier molecular flexibility index (Phi) is 4.47. The summed E-state index contributed by atoms with van der Waals surface area (Å²) < 4.78 is 17.7. The fraction of sp³-hybridized carbons (Fsp3) is 0.467. The van der Waals surface area contributed by atoms with Crippen LogP contribution in [0.2, 0.25) is 0 Å². The van der Waals surface area contributed by atoms with Crippen molar-refractivity contribution in [1.82, 2.24) is 24.4 Å². The number of hydrogen-bond acceptors (Lipinski definition) is 8. The number of aromatic nitrogens is 4. The maximum Gasteiger partial charge on any atom is 0.274 e. The fourth-order valence-electron chi connectivity index (χ4n) is 2.78. The molecule has 4 heterocycles. The van der Waals surface area contributed by atoms with Gasteiger partial charge in [-0.05, 0) is 0 Å². The number of methoxy groups -OCH3 is 1. The minimum absolute atomic E-state index is 0.0881. The number of ether oxygens (including phenoxy) is 2. The number of rotatable bonds is 5. The second-order valence-corrected chi connectivity index (χ2v) is 6.58. The summed E-state index contributed by atoms with van der Waals surface area (Å²) >= 11 is 1.50. The highest BCUT2D eigenvalue weighted by molar-refractivity contribution is 7.15. The van der Waals surface area contributed by atoms with E-state index in [1.807, 2.05) is 16.0 Å². The Morgan fingerprint density at radius 2 is 2.40 bits per heavy atom. The van der Waals surface area contributed by atoms with Crippen molar-refractivity contribution in [2.45, 2.75) is 19.1 Å². The Morgan fingerprint density at radius 1 is 1.48 bits per heavy atom. The van der Waals surface area contributed by atoms with Gasteiger partial charge >= 0.3 is 0 Å². The van der Waals surface area contributed by atoms with Crippen LogP contribution >= 0.6 is 11.3 Å². The molecule has 25 heavy (non-hydrogen) atoms. The zero-order valence-corrected chi connectivity index (χ0v) is 14.4. The molecule has 0 bridgehead atoms. The smallest absolute Gasteiger partial charge is 0.274 e. The number of thiazole rings is 1. The monoisotopic (exact) mass is 363 g/mol. The summed E-state index contributed by atoms with van der Waals surface area (Å²) in [7, 11) is 1.57. The molecule has 9 nitrogen and oxygen atoms in total. The molecular weight excluding hydrogens is 346 g/mol. The topological polar surface area (TPSA) is 95.0 Å². The van der Waals surface area contributed by atoms with Gasteiger partial charge in [0.15, 0.2) is 10.8 Å². The first kappa shape index (κ1) is 16.2. The van der Waals surface area contributed by atoms with Crippen molar-refractivity contribution in [2.75, 3.05) is 26.8 Å². The molecular formula is C15H17N5O4S. The van der Waals surface area contributed by atoms with Gasteiger partial charge in [0.25, 0.3) is 5.91 Å². The molecule has 0 aromatic carbocycles. The number of hydrogen-bond donors (Lipinski definition) is 0. The normalized spacial score (nSPS) is 18.1. The first-order valence-corrected chi connectivity index (χ1v) is 8.74. The molecule has 0 unspecified atom stereocenters. The van der Waals surface area contributed by atoms with E-state index in [-0.39, 0.29) is 12.0 Å². The molecule has 1 amide bonds. The summed E-state index contributed by atoms with van der Waals surface area (Å²) in [6, 6.07) is 0. The lowest BCUT2D eigenvalue weighted by atomic mass is 10.2. The SMILES string of the molecule is COCc1noc(C[C@@H]2CN(C(=O)c3cn4ccsc4n3)CCO2)n1. The summed E-state index contributed by atoms with van der Waals surface area (Å²) in [6.07, 6.45) is 3.92. The predicted molar refractivity (Wildman–Crippen MR) is 87.4 cm³/mol. The van der Waals surface area contributed by atoms with E-state index in [1.165, 1.54) is 11.3 Å². The Bertz CT molecular complexity index is 844. The third-order valence-corrected chi connectivity index (χ3v) is 4.69. The summed E-state index contributed by atoms with van der Waals surface area (Å²) in [5.41, 5.74) is 0.452. The van der Waals surface area contributed by atoms with Gasteiger partial charge in [-0.15, -0.1) is 11.3 Å². The van der Waals surface area contributed by atoms with Crippen LogP contribution in [0, 0.1) is 0 Å². The molecule has 3 aromatic rings. The molecule has 10 heteroatoms. The highest BCUT2D eigenvalue weighted by Crippen LogP contribution is 2.16. The number of nitrogens with zero attached hydrogens (tertiary/aromatic N) is 5. The minimum atomic E-state index is -0.183. The van der Waals surface area contributed by atoms with Gasteiger partial charge < -0.3 is 18.9 Å². The average molecular weight is 363 g/mol. The molecule has 3 aromatic heterocycles. The van der Waals surface area contributed by atoms with Crippen molar-refractivity contribution in [1.29, 1.82) is 0 Å². The lowest BCUT2D eigenvalue weighted by molar-refractivity contribution is -0.0239. The van der Waals surface area contributed by atoms with Crippen molar-refractivity contribution in [3.05, 3.63) is 35.2 Å². The van der Waals surface area contributed by atoms with Crippen LogP contribution in [0.4, 0.5) is 0 Å². The maximum atomic E-state index is 12.7. The minimum Gasteiger partial charge on any atom is -0.377 e. The van der Waals surface area contributed by atoms with E-state index in [4.69, 9.17) is 14.0 Å². The summed E-state index contributed by atoms with van der Waals surface area (Å²) in [5, 5.41) is 5.77. The van der Waals surface area contributed by atoms with Gasteiger partial charge in [0.1, 0.15) is 12.3 Å². The number of carbonyl (C=O) groups excluding carboxylic acids is 1. The number of imidazole rings is 1. The quantitative estimate of drug-likeness (QED) is 0.667. The predicted octanol–water partition coefficient (Wildman–Crippen LogP) is 1.01. The average Bonchev–Trinajstić information content (AvgIpc) is 3.31.